The van der Waals surface area contributed by atoms with Crippen LogP contribution in [0.1, 0.15) is 13.8 Å². The molecule has 1 heterocycles. The molecule has 1 aromatic carbocycles. The Bertz CT molecular complexity index is 571. The Morgan fingerprint density at radius 1 is 1.33 bits per heavy atom. The molecule has 1 atom stereocenters. The van der Waals surface area contributed by atoms with Crippen molar-refractivity contribution in [2.45, 2.75) is 19.9 Å². The molecule has 0 spiro atoms. The number of carbonyl (C=O) groups excluding carboxylic acids is 3. The number of hydrogen-bond donors (Lipinski definition) is 2. The molecule has 0 radical (unpaired) electrons. The van der Waals surface area contributed by atoms with Crippen molar-refractivity contribution in [3.63, 3.8) is 0 Å². The van der Waals surface area contributed by atoms with Crippen LogP contribution in [0.25, 0.3) is 0 Å². The van der Waals surface area contributed by atoms with Crippen LogP contribution in [0.2, 0.25) is 0 Å². The molecule has 112 valence electrons. The van der Waals surface area contributed by atoms with Crippen LogP contribution < -0.4 is 10.6 Å². The van der Waals surface area contributed by atoms with E-state index >= 15 is 0 Å². The maximum absolute atomic E-state index is 12.1. The first-order valence-electron chi connectivity index (χ1n) is 6.56. The first-order chi connectivity index (χ1) is 9.88. The molecule has 1 aliphatic heterocycles. The van der Waals surface area contributed by atoms with Gasteiger partial charge in [-0.3, -0.25) is 14.5 Å². The lowest BCUT2D eigenvalue weighted by Gasteiger charge is -2.14. The SMILES string of the molecule is CC(C)C1NC(=O)N(CC(=O)Nc2ccc(I)cc2)C1=O. The highest BCUT2D eigenvalue weighted by atomic mass is 127. The van der Waals surface area contributed by atoms with Crippen molar-refractivity contribution in [3.05, 3.63) is 27.8 Å². The smallest absolute Gasteiger partial charge is 0.325 e. The van der Waals surface area contributed by atoms with Gasteiger partial charge in [-0.1, -0.05) is 13.8 Å². The van der Waals surface area contributed by atoms with Crippen LogP contribution in [0.15, 0.2) is 24.3 Å². The summed E-state index contributed by atoms with van der Waals surface area (Å²) in [7, 11) is 0. The van der Waals surface area contributed by atoms with E-state index in [1.807, 2.05) is 26.0 Å². The summed E-state index contributed by atoms with van der Waals surface area (Å²) >= 11 is 2.17. The molecule has 0 aliphatic carbocycles. The molecule has 4 amide bonds. The van der Waals surface area contributed by atoms with E-state index in [2.05, 4.69) is 33.2 Å². The van der Waals surface area contributed by atoms with Gasteiger partial charge in [-0.2, -0.15) is 0 Å². The number of benzene rings is 1. The molecule has 2 rings (SSSR count). The average Bonchev–Trinajstić information content (AvgIpc) is 2.69. The van der Waals surface area contributed by atoms with E-state index in [1.54, 1.807) is 12.1 Å². The van der Waals surface area contributed by atoms with Crippen molar-refractivity contribution in [1.82, 2.24) is 10.2 Å². The number of nitrogens with zero attached hydrogens (tertiary/aromatic N) is 1. The van der Waals surface area contributed by atoms with Crippen LogP contribution in [0.3, 0.4) is 0 Å². The third-order valence-electron chi connectivity index (χ3n) is 3.15. The molecule has 1 aliphatic rings. The van der Waals surface area contributed by atoms with E-state index in [9.17, 15) is 14.4 Å². The maximum Gasteiger partial charge on any atom is 0.325 e. The molecule has 1 unspecified atom stereocenters. The second-order valence-corrected chi connectivity index (χ2v) is 6.40. The first-order valence-corrected chi connectivity index (χ1v) is 7.63. The molecule has 6 nitrogen and oxygen atoms in total. The second-order valence-electron chi connectivity index (χ2n) is 5.15. The van der Waals surface area contributed by atoms with Crippen molar-refractivity contribution in [2.24, 2.45) is 5.92 Å². The van der Waals surface area contributed by atoms with Crippen LogP contribution in [-0.4, -0.2) is 35.3 Å². The Morgan fingerprint density at radius 2 is 1.95 bits per heavy atom. The van der Waals surface area contributed by atoms with E-state index in [0.717, 1.165) is 8.47 Å². The van der Waals surface area contributed by atoms with Gasteiger partial charge in [-0.25, -0.2) is 4.79 Å². The normalized spacial score (nSPS) is 18.1. The van der Waals surface area contributed by atoms with E-state index in [1.165, 1.54) is 0 Å². The summed E-state index contributed by atoms with van der Waals surface area (Å²) in [5.74, 6) is -0.761. The summed E-state index contributed by atoms with van der Waals surface area (Å²) in [5, 5.41) is 5.25. The number of rotatable bonds is 4. The first kappa shape index (κ1) is 15.7. The molecule has 2 N–H and O–H groups in total. The lowest BCUT2D eigenvalue weighted by molar-refractivity contribution is -0.131. The van der Waals surface area contributed by atoms with Gasteiger partial charge >= 0.3 is 6.03 Å². The van der Waals surface area contributed by atoms with Crippen molar-refractivity contribution in [3.8, 4) is 0 Å². The molecule has 0 bridgehead atoms. The molecular weight excluding hydrogens is 385 g/mol. The van der Waals surface area contributed by atoms with Crippen LogP contribution in [0, 0.1) is 9.49 Å². The lowest BCUT2D eigenvalue weighted by Crippen LogP contribution is -2.39. The number of amides is 4. The minimum Gasteiger partial charge on any atom is -0.326 e. The van der Waals surface area contributed by atoms with Crippen LogP contribution >= 0.6 is 22.6 Å². The highest BCUT2D eigenvalue weighted by molar-refractivity contribution is 14.1. The molecule has 21 heavy (non-hydrogen) atoms. The highest BCUT2D eigenvalue weighted by Gasteiger charge is 2.40. The fourth-order valence-electron chi connectivity index (χ4n) is 2.02. The third kappa shape index (κ3) is 3.72. The van der Waals surface area contributed by atoms with Gasteiger partial charge < -0.3 is 10.6 Å². The Balaban J connectivity index is 1.98. The Hall–Kier alpha value is -1.64. The van der Waals surface area contributed by atoms with Gasteiger partial charge in [0.05, 0.1) is 0 Å². The van der Waals surface area contributed by atoms with E-state index in [4.69, 9.17) is 0 Å². The number of urea groups is 1. The van der Waals surface area contributed by atoms with Gasteiger partial charge in [-0.05, 0) is 52.8 Å². The minimum absolute atomic E-state index is 0.00860. The monoisotopic (exact) mass is 401 g/mol. The predicted molar refractivity (Wildman–Crippen MR) is 86.7 cm³/mol. The number of imide groups is 1. The minimum atomic E-state index is -0.552. The molecule has 1 saturated heterocycles. The zero-order valence-electron chi connectivity index (χ0n) is 11.7. The molecule has 0 aromatic heterocycles. The molecule has 0 saturated carbocycles. The summed E-state index contributed by atoms with van der Waals surface area (Å²) in [4.78, 5) is 36.7. The summed E-state index contributed by atoms with van der Waals surface area (Å²) in [5.41, 5.74) is 0.632. The number of halogens is 1. The number of carbonyl (C=O) groups is 3. The highest BCUT2D eigenvalue weighted by Crippen LogP contribution is 2.14. The fourth-order valence-corrected chi connectivity index (χ4v) is 2.38. The summed E-state index contributed by atoms with van der Waals surface area (Å²) < 4.78 is 1.06. The van der Waals surface area contributed by atoms with Gasteiger partial charge in [-0.15, -0.1) is 0 Å². The van der Waals surface area contributed by atoms with E-state index < -0.39 is 18.0 Å². The molecule has 7 heteroatoms. The molecule has 1 fully saturated rings. The number of nitrogens with one attached hydrogen (secondary N) is 2. The van der Waals surface area contributed by atoms with Gasteiger partial charge in [0.15, 0.2) is 0 Å². The van der Waals surface area contributed by atoms with Gasteiger partial charge in [0.2, 0.25) is 5.91 Å². The van der Waals surface area contributed by atoms with Crippen LogP contribution in [0.4, 0.5) is 10.5 Å². The average molecular weight is 401 g/mol. The zero-order valence-corrected chi connectivity index (χ0v) is 13.9. The quantitative estimate of drug-likeness (QED) is 0.597. The van der Waals surface area contributed by atoms with Gasteiger partial charge in [0, 0.05) is 9.26 Å². The van der Waals surface area contributed by atoms with Crippen molar-refractivity contribution in [2.75, 3.05) is 11.9 Å². The summed E-state index contributed by atoms with van der Waals surface area (Å²) in [6.07, 6.45) is 0. The number of anilines is 1. The van der Waals surface area contributed by atoms with Crippen molar-refractivity contribution >= 4 is 46.1 Å². The second kappa shape index (κ2) is 6.42. The largest absolute Gasteiger partial charge is 0.326 e. The third-order valence-corrected chi connectivity index (χ3v) is 3.87. The molecule has 1 aromatic rings. The van der Waals surface area contributed by atoms with Gasteiger partial charge in [0.25, 0.3) is 5.91 Å². The Labute approximate surface area is 136 Å². The number of hydrogen-bond acceptors (Lipinski definition) is 3. The van der Waals surface area contributed by atoms with E-state index in [0.29, 0.717) is 5.69 Å². The lowest BCUT2D eigenvalue weighted by atomic mass is 10.1. The topological polar surface area (TPSA) is 78.5 Å². The predicted octanol–water partition coefficient (Wildman–Crippen LogP) is 1.81. The summed E-state index contributed by atoms with van der Waals surface area (Å²) in [6.45, 7) is 3.41. The van der Waals surface area contributed by atoms with E-state index in [-0.39, 0.29) is 18.4 Å². The Kier molecular flexibility index (Phi) is 4.81. The van der Waals surface area contributed by atoms with Crippen LogP contribution in [0.5, 0.6) is 0 Å². The maximum atomic E-state index is 12.1. The van der Waals surface area contributed by atoms with Crippen LogP contribution in [-0.2, 0) is 9.59 Å². The van der Waals surface area contributed by atoms with Gasteiger partial charge in [0.1, 0.15) is 12.6 Å². The van der Waals surface area contributed by atoms with Crippen molar-refractivity contribution < 1.29 is 14.4 Å². The zero-order chi connectivity index (χ0) is 15.6. The molecular formula is C14H16IN3O3. The Morgan fingerprint density at radius 3 is 2.48 bits per heavy atom. The summed E-state index contributed by atoms with van der Waals surface area (Å²) in [6, 6.07) is 6.18. The standard InChI is InChI=1S/C14H16IN3O3/c1-8(2)12-13(20)18(14(21)17-12)7-11(19)16-10-5-3-9(15)4-6-10/h3-6,8,12H,7H2,1-2H3,(H,16,19)(H,17,21). The fraction of sp³-hybridized carbons (Fsp3) is 0.357. The van der Waals surface area contributed by atoms with Crippen molar-refractivity contribution in [1.29, 1.82) is 0 Å².